The van der Waals surface area contributed by atoms with E-state index in [1.54, 1.807) is 6.07 Å². The number of phenols is 1. The maximum atomic E-state index is 9.19. The van der Waals surface area contributed by atoms with Crippen molar-refractivity contribution >= 4 is 0 Å². The van der Waals surface area contributed by atoms with Crippen molar-refractivity contribution in [1.29, 1.82) is 0 Å². The summed E-state index contributed by atoms with van der Waals surface area (Å²) in [4.78, 5) is 0. The minimum atomic E-state index is 0.348. The monoisotopic (exact) mass is 135 g/mol. The van der Waals surface area contributed by atoms with E-state index in [-0.39, 0.29) is 0 Å². The average molecular weight is 135 g/mol. The highest BCUT2D eigenvalue weighted by Gasteiger charge is 1.96. The van der Waals surface area contributed by atoms with Gasteiger partial charge in [-0.15, -0.1) is 0 Å². The minimum absolute atomic E-state index is 0.348. The summed E-state index contributed by atoms with van der Waals surface area (Å²) in [6.07, 6.45) is 0.646. The molecular formula is C9H11O. The first-order valence-corrected chi connectivity index (χ1v) is 3.32. The van der Waals surface area contributed by atoms with Crippen LogP contribution in [0, 0.1) is 13.8 Å². The number of aryl methyl sites for hydroxylation is 1. The van der Waals surface area contributed by atoms with Crippen molar-refractivity contribution in [2.24, 2.45) is 0 Å². The Labute approximate surface area is 61.3 Å². The summed E-state index contributed by atoms with van der Waals surface area (Å²) in [6.45, 7) is 5.70. The molecule has 1 N–H and O–H groups in total. The van der Waals surface area contributed by atoms with E-state index < -0.39 is 0 Å². The molecule has 0 aliphatic rings. The van der Waals surface area contributed by atoms with E-state index >= 15 is 0 Å². The number of benzene rings is 1. The smallest absolute Gasteiger partial charge is 0.118 e. The first-order valence-electron chi connectivity index (χ1n) is 3.32. The molecule has 0 aliphatic carbocycles. The van der Waals surface area contributed by atoms with Crippen LogP contribution in [0.15, 0.2) is 18.2 Å². The summed E-state index contributed by atoms with van der Waals surface area (Å²) in [5.41, 5.74) is 2.08. The van der Waals surface area contributed by atoms with Crippen LogP contribution < -0.4 is 0 Å². The van der Waals surface area contributed by atoms with Crippen LogP contribution in [0.4, 0.5) is 0 Å². The van der Waals surface area contributed by atoms with E-state index in [9.17, 15) is 5.11 Å². The Kier molecular flexibility index (Phi) is 1.95. The number of rotatable bonds is 1. The molecule has 1 aromatic carbocycles. The van der Waals surface area contributed by atoms with Crippen LogP contribution in [0.2, 0.25) is 0 Å². The molecule has 0 bridgehead atoms. The molecule has 0 unspecified atom stereocenters. The lowest BCUT2D eigenvalue weighted by Gasteiger charge is -2.00. The third kappa shape index (κ3) is 1.29. The molecule has 0 atom stereocenters. The third-order valence-corrected chi connectivity index (χ3v) is 1.50. The second-order valence-corrected chi connectivity index (χ2v) is 2.38. The summed E-state index contributed by atoms with van der Waals surface area (Å²) in [6, 6.07) is 5.53. The summed E-state index contributed by atoms with van der Waals surface area (Å²) in [5.74, 6) is 0.348. The normalized spacial score (nSPS) is 9.80. The quantitative estimate of drug-likeness (QED) is 0.625. The van der Waals surface area contributed by atoms with Gasteiger partial charge >= 0.3 is 0 Å². The first-order chi connectivity index (χ1) is 4.74. The molecule has 10 heavy (non-hydrogen) atoms. The molecule has 0 amide bonds. The molecular weight excluding hydrogens is 124 g/mol. The van der Waals surface area contributed by atoms with Gasteiger partial charge in [0.25, 0.3) is 0 Å². The van der Waals surface area contributed by atoms with Crippen molar-refractivity contribution in [1.82, 2.24) is 0 Å². The Bertz CT molecular complexity index is 228. The van der Waals surface area contributed by atoms with Crippen molar-refractivity contribution in [3.05, 3.63) is 36.2 Å². The van der Waals surface area contributed by atoms with Crippen molar-refractivity contribution in [2.75, 3.05) is 0 Å². The molecule has 0 spiro atoms. The molecule has 1 heteroatoms. The van der Waals surface area contributed by atoms with Crippen LogP contribution in [-0.2, 0) is 6.42 Å². The number of hydrogen-bond donors (Lipinski definition) is 1. The highest BCUT2D eigenvalue weighted by atomic mass is 16.3. The lowest BCUT2D eigenvalue weighted by Crippen LogP contribution is -1.82. The highest BCUT2D eigenvalue weighted by molar-refractivity contribution is 5.35. The van der Waals surface area contributed by atoms with E-state index in [4.69, 9.17) is 0 Å². The van der Waals surface area contributed by atoms with Crippen molar-refractivity contribution < 1.29 is 5.11 Å². The Morgan fingerprint density at radius 2 is 2.20 bits per heavy atom. The molecule has 0 heterocycles. The van der Waals surface area contributed by atoms with Gasteiger partial charge in [0.1, 0.15) is 5.75 Å². The van der Waals surface area contributed by atoms with Crippen LogP contribution >= 0.6 is 0 Å². The number of aromatic hydroxyl groups is 1. The van der Waals surface area contributed by atoms with Crippen LogP contribution in [-0.4, -0.2) is 5.11 Å². The van der Waals surface area contributed by atoms with E-state index in [1.165, 1.54) is 0 Å². The van der Waals surface area contributed by atoms with E-state index in [0.29, 0.717) is 12.2 Å². The Morgan fingerprint density at radius 3 is 2.70 bits per heavy atom. The fourth-order valence-corrected chi connectivity index (χ4v) is 0.915. The molecule has 1 nitrogen and oxygen atoms in total. The standard InChI is InChI=1S/C9H11O/c1-3-8-6-7(2)4-5-9(8)10/h4-6,10H,1,3H2,2H3. The van der Waals surface area contributed by atoms with E-state index in [1.807, 2.05) is 19.1 Å². The molecule has 1 radical (unpaired) electrons. The molecule has 0 saturated carbocycles. The number of phenolic OH excluding ortho intramolecular Hbond substituents is 1. The van der Waals surface area contributed by atoms with Crippen molar-refractivity contribution in [2.45, 2.75) is 13.3 Å². The Balaban J connectivity index is 3.09. The Hall–Kier alpha value is -0.980. The van der Waals surface area contributed by atoms with Crippen LogP contribution in [0.3, 0.4) is 0 Å². The van der Waals surface area contributed by atoms with Crippen molar-refractivity contribution in [3.8, 4) is 5.75 Å². The van der Waals surface area contributed by atoms with Gasteiger partial charge in [0.05, 0.1) is 0 Å². The Morgan fingerprint density at radius 1 is 1.50 bits per heavy atom. The second-order valence-electron chi connectivity index (χ2n) is 2.38. The van der Waals surface area contributed by atoms with Crippen molar-refractivity contribution in [3.63, 3.8) is 0 Å². The molecule has 1 aromatic rings. The first kappa shape index (κ1) is 7.13. The zero-order valence-electron chi connectivity index (χ0n) is 6.09. The maximum Gasteiger partial charge on any atom is 0.118 e. The summed E-state index contributed by atoms with van der Waals surface area (Å²) in [7, 11) is 0. The average Bonchev–Trinajstić information content (AvgIpc) is 1.94. The van der Waals surface area contributed by atoms with Crippen LogP contribution in [0.25, 0.3) is 0 Å². The van der Waals surface area contributed by atoms with Crippen LogP contribution in [0.5, 0.6) is 5.75 Å². The van der Waals surface area contributed by atoms with Gasteiger partial charge in [0.2, 0.25) is 0 Å². The second kappa shape index (κ2) is 2.74. The predicted molar refractivity (Wildman–Crippen MR) is 41.9 cm³/mol. The fourth-order valence-electron chi connectivity index (χ4n) is 0.915. The zero-order valence-corrected chi connectivity index (χ0v) is 6.09. The minimum Gasteiger partial charge on any atom is -0.508 e. The molecule has 0 saturated heterocycles. The zero-order chi connectivity index (χ0) is 7.56. The topological polar surface area (TPSA) is 20.2 Å². The summed E-state index contributed by atoms with van der Waals surface area (Å²) in [5, 5.41) is 9.19. The summed E-state index contributed by atoms with van der Waals surface area (Å²) < 4.78 is 0. The lowest BCUT2D eigenvalue weighted by atomic mass is 10.1. The van der Waals surface area contributed by atoms with Crippen LogP contribution in [0.1, 0.15) is 11.1 Å². The van der Waals surface area contributed by atoms with Gasteiger partial charge in [-0.3, -0.25) is 0 Å². The highest BCUT2D eigenvalue weighted by Crippen LogP contribution is 2.17. The van der Waals surface area contributed by atoms with Gasteiger partial charge in [-0.2, -0.15) is 0 Å². The fraction of sp³-hybridized carbons (Fsp3) is 0.222. The van der Waals surface area contributed by atoms with Gasteiger partial charge in [0.15, 0.2) is 0 Å². The predicted octanol–water partition coefficient (Wildman–Crippen LogP) is 2.08. The van der Waals surface area contributed by atoms with Gasteiger partial charge in [-0.25, -0.2) is 0 Å². The molecule has 53 valence electrons. The van der Waals surface area contributed by atoms with E-state index in [0.717, 1.165) is 11.1 Å². The third-order valence-electron chi connectivity index (χ3n) is 1.50. The van der Waals surface area contributed by atoms with Gasteiger partial charge in [0, 0.05) is 0 Å². The lowest BCUT2D eigenvalue weighted by molar-refractivity contribution is 0.469. The largest absolute Gasteiger partial charge is 0.508 e. The molecule has 0 fully saturated rings. The molecule has 1 rings (SSSR count). The van der Waals surface area contributed by atoms with Gasteiger partial charge < -0.3 is 5.11 Å². The number of hydrogen-bond acceptors (Lipinski definition) is 1. The maximum absolute atomic E-state index is 9.19. The van der Waals surface area contributed by atoms with Gasteiger partial charge in [-0.1, -0.05) is 17.7 Å². The molecule has 0 aromatic heterocycles. The van der Waals surface area contributed by atoms with Gasteiger partial charge in [-0.05, 0) is 31.9 Å². The summed E-state index contributed by atoms with van der Waals surface area (Å²) >= 11 is 0. The SMILES string of the molecule is [CH2]Cc1cc(C)ccc1O. The van der Waals surface area contributed by atoms with E-state index in [2.05, 4.69) is 6.92 Å². The molecule has 0 aliphatic heterocycles.